The number of hydrogen-bond donors (Lipinski definition) is 1. The van der Waals surface area contributed by atoms with Gasteiger partial charge in [-0.1, -0.05) is 18.2 Å². The molecule has 33 heavy (non-hydrogen) atoms. The number of aromatic nitrogens is 2. The number of carbonyl (C=O) groups excluding carboxylic acids is 1. The van der Waals surface area contributed by atoms with Crippen molar-refractivity contribution in [2.24, 2.45) is 5.92 Å². The Morgan fingerprint density at radius 3 is 2.73 bits per heavy atom. The Balaban J connectivity index is 1.18. The van der Waals surface area contributed by atoms with Gasteiger partial charge in [-0.3, -0.25) is 4.79 Å². The highest BCUT2D eigenvalue weighted by Crippen LogP contribution is 2.37. The molecule has 1 saturated carbocycles. The highest BCUT2D eigenvalue weighted by atomic mass is 32.1. The normalized spacial score (nSPS) is 13.1. The zero-order valence-corrected chi connectivity index (χ0v) is 18.6. The smallest absolute Gasteiger partial charge is 0.227 e. The second kappa shape index (κ2) is 9.54. The molecule has 1 aliphatic carbocycles. The first-order valence-corrected chi connectivity index (χ1v) is 11.7. The third-order valence-electron chi connectivity index (χ3n) is 5.34. The van der Waals surface area contributed by atoms with Gasteiger partial charge in [0.25, 0.3) is 0 Å². The molecule has 1 amide bonds. The molecule has 1 fully saturated rings. The van der Waals surface area contributed by atoms with Crippen molar-refractivity contribution in [3.63, 3.8) is 0 Å². The van der Waals surface area contributed by atoms with Gasteiger partial charge < -0.3 is 14.8 Å². The minimum Gasteiger partial charge on any atom is -0.493 e. The third-order valence-corrected chi connectivity index (χ3v) is 6.22. The van der Waals surface area contributed by atoms with E-state index in [0.717, 1.165) is 39.9 Å². The van der Waals surface area contributed by atoms with Gasteiger partial charge in [0.15, 0.2) is 0 Å². The van der Waals surface area contributed by atoms with E-state index in [0.29, 0.717) is 31.3 Å². The number of nitrogens with one attached hydrogen (secondary N) is 1. The first kappa shape index (κ1) is 21.3. The molecule has 1 aliphatic rings. The number of ether oxygens (including phenoxy) is 2. The molecule has 6 nitrogen and oxygen atoms in total. The van der Waals surface area contributed by atoms with Crippen LogP contribution in [-0.2, 0) is 4.79 Å². The van der Waals surface area contributed by atoms with Gasteiger partial charge in [0.1, 0.15) is 22.7 Å². The van der Waals surface area contributed by atoms with E-state index < -0.39 is 0 Å². The predicted molar refractivity (Wildman–Crippen MR) is 126 cm³/mol. The van der Waals surface area contributed by atoms with Crippen LogP contribution in [-0.4, -0.2) is 29.1 Å². The minimum atomic E-state index is -0.276. The molecule has 0 aliphatic heterocycles. The number of hydrogen-bond acceptors (Lipinski definition) is 6. The summed E-state index contributed by atoms with van der Waals surface area (Å²) in [5, 5.41) is 5.74. The Labute approximate surface area is 194 Å². The van der Waals surface area contributed by atoms with Crippen LogP contribution in [0.3, 0.4) is 0 Å². The van der Waals surface area contributed by atoms with Crippen LogP contribution in [0.2, 0.25) is 0 Å². The first-order valence-electron chi connectivity index (χ1n) is 10.8. The first-order chi connectivity index (χ1) is 16.2. The zero-order chi connectivity index (χ0) is 22.6. The quantitative estimate of drug-likeness (QED) is 0.323. The molecule has 2 aromatic heterocycles. The molecule has 0 atom stereocenters. The lowest BCUT2D eigenvalue weighted by Gasteiger charge is -2.10. The average molecular weight is 464 g/mol. The van der Waals surface area contributed by atoms with Crippen LogP contribution in [0.4, 0.5) is 10.1 Å². The fraction of sp³-hybridized carbons (Fsp3) is 0.240. The molecular weight excluding hydrogens is 441 g/mol. The molecular formula is C25H22FN3O3S. The van der Waals surface area contributed by atoms with E-state index in [1.54, 1.807) is 12.1 Å². The van der Waals surface area contributed by atoms with Crippen LogP contribution in [0.5, 0.6) is 11.6 Å². The molecule has 0 unspecified atom stereocenters. The SMILES string of the molecule is O=C(Nc1cccc(OCCCOc2ncnc3scc(-c4ccc(F)cc4)c23)c1)C1CC1. The highest BCUT2D eigenvalue weighted by Gasteiger charge is 2.29. The lowest BCUT2D eigenvalue weighted by Crippen LogP contribution is -2.13. The molecule has 168 valence electrons. The van der Waals surface area contributed by atoms with E-state index >= 15 is 0 Å². The summed E-state index contributed by atoms with van der Waals surface area (Å²) in [5.74, 6) is 1.16. The van der Waals surface area contributed by atoms with Crippen LogP contribution in [0.1, 0.15) is 19.3 Å². The molecule has 0 spiro atoms. The number of anilines is 1. The summed E-state index contributed by atoms with van der Waals surface area (Å²) in [7, 11) is 0. The molecule has 0 radical (unpaired) electrons. The van der Waals surface area contributed by atoms with Crippen molar-refractivity contribution in [3.05, 3.63) is 66.1 Å². The number of fused-ring (bicyclic) bond motifs is 1. The summed E-state index contributed by atoms with van der Waals surface area (Å²) < 4.78 is 25.1. The van der Waals surface area contributed by atoms with Gasteiger partial charge >= 0.3 is 0 Å². The Kier molecular flexibility index (Phi) is 6.17. The second-order valence-corrected chi connectivity index (χ2v) is 8.72. The predicted octanol–water partition coefficient (Wildman–Crippen LogP) is 5.69. The van der Waals surface area contributed by atoms with E-state index in [-0.39, 0.29) is 17.6 Å². The Hall–Kier alpha value is -3.52. The largest absolute Gasteiger partial charge is 0.493 e. The van der Waals surface area contributed by atoms with Crippen LogP contribution in [0.25, 0.3) is 21.3 Å². The number of nitrogens with zero attached hydrogens (tertiary/aromatic N) is 2. The zero-order valence-electron chi connectivity index (χ0n) is 17.8. The van der Waals surface area contributed by atoms with Gasteiger partial charge in [0, 0.05) is 35.0 Å². The number of carbonyl (C=O) groups is 1. The van der Waals surface area contributed by atoms with Gasteiger partial charge in [-0.2, -0.15) is 0 Å². The fourth-order valence-electron chi connectivity index (χ4n) is 3.47. The summed E-state index contributed by atoms with van der Waals surface area (Å²) in [6.45, 7) is 0.881. The molecule has 0 saturated heterocycles. The molecule has 0 bridgehead atoms. The van der Waals surface area contributed by atoms with Gasteiger partial charge in [-0.15, -0.1) is 11.3 Å². The Morgan fingerprint density at radius 2 is 1.91 bits per heavy atom. The van der Waals surface area contributed by atoms with Crippen molar-refractivity contribution >= 4 is 33.1 Å². The van der Waals surface area contributed by atoms with Gasteiger partial charge in [-0.05, 0) is 42.7 Å². The summed E-state index contributed by atoms with van der Waals surface area (Å²) in [6.07, 6.45) is 4.08. The minimum absolute atomic E-state index is 0.0742. The van der Waals surface area contributed by atoms with Crippen LogP contribution >= 0.6 is 11.3 Å². The summed E-state index contributed by atoms with van der Waals surface area (Å²) in [4.78, 5) is 21.4. The summed E-state index contributed by atoms with van der Waals surface area (Å²) in [6, 6.07) is 13.8. The molecule has 4 aromatic rings. The van der Waals surface area contributed by atoms with Crippen molar-refractivity contribution in [2.75, 3.05) is 18.5 Å². The second-order valence-electron chi connectivity index (χ2n) is 7.86. The van der Waals surface area contributed by atoms with Gasteiger partial charge in [0.05, 0.1) is 18.6 Å². The van der Waals surface area contributed by atoms with E-state index in [1.165, 1.54) is 29.8 Å². The average Bonchev–Trinajstić information content (AvgIpc) is 3.59. The lowest BCUT2D eigenvalue weighted by molar-refractivity contribution is -0.117. The number of thiophene rings is 1. The monoisotopic (exact) mass is 463 g/mol. The molecule has 2 aromatic carbocycles. The van der Waals surface area contributed by atoms with E-state index in [4.69, 9.17) is 9.47 Å². The summed E-state index contributed by atoms with van der Waals surface area (Å²) >= 11 is 1.50. The Morgan fingerprint density at radius 1 is 1.09 bits per heavy atom. The standard InChI is InChI=1S/C25H22FN3O3S/c26-18-9-7-16(8-10-18)21-14-33-25-22(21)24(27-15-28-25)32-12-2-11-31-20-4-1-3-19(13-20)29-23(30)17-5-6-17/h1,3-4,7-10,13-15,17H,2,5-6,11-12H2,(H,29,30). The van der Waals surface area contributed by atoms with Crippen LogP contribution < -0.4 is 14.8 Å². The third kappa shape index (κ3) is 5.12. The van der Waals surface area contributed by atoms with Crippen molar-refractivity contribution < 1.29 is 18.7 Å². The fourth-order valence-corrected chi connectivity index (χ4v) is 4.38. The van der Waals surface area contributed by atoms with Gasteiger partial charge in [0.2, 0.25) is 11.8 Å². The van der Waals surface area contributed by atoms with E-state index in [9.17, 15) is 9.18 Å². The van der Waals surface area contributed by atoms with Crippen molar-refractivity contribution in [2.45, 2.75) is 19.3 Å². The molecule has 5 rings (SSSR count). The van der Waals surface area contributed by atoms with E-state index in [1.807, 2.05) is 29.6 Å². The van der Waals surface area contributed by atoms with Crippen molar-refractivity contribution in [1.82, 2.24) is 9.97 Å². The number of benzene rings is 2. The van der Waals surface area contributed by atoms with Gasteiger partial charge in [-0.25, -0.2) is 14.4 Å². The molecule has 2 heterocycles. The molecule has 1 N–H and O–H groups in total. The maximum Gasteiger partial charge on any atom is 0.227 e. The number of amides is 1. The molecule has 8 heteroatoms. The van der Waals surface area contributed by atoms with Crippen molar-refractivity contribution in [3.8, 4) is 22.8 Å². The topological polar surface area (TPSA) is 73.3 Å². The van der Waals surface area contributed by atoms with E-state index in [2.05, 4.69) is 15.3 Å². The highest BCUT2D eigenvalue weighted by molar-refractivity contribution is 7.17. The lowest BCUT2D eigenvalue weighted by atomic mass is 10.1. The Bertz CT molecular complexity index is 1270. The van der Waals surface area contributed by atoms with Crippen molar-refractivity contribution in [1.29, 1.82) is 0 Å². The maximum atomic E-state index is 13.3. The number of halogens is 1. The van der Waals surface area contributed by atoms with Crippen LogP contribution in [0.15, 0.2) is 60.2 Å². The maximum absolute atomic E-state index is 13.3. The summed E-state index contributed by atoms with van der Waals surface area (Å²) in [5.41, 5.74) is 2.56. The van der Waals surface area contributed by atoms with Crippen LogP contribution in [0, 0.1) is 11.7 Å². The number of rotatable bonds is 9.